The predicted molar refractivity (Wildman–Crippen MR) is 99.5 cm³/mol. The fourth-order valence-corrected chi connectivity index (χ4v) is 3.67. The van der Waals surface area contributed by atoms with E-state index in [0.29, 0.717) is 28.5 Å². The van der Waals surface area contributed by atoms with Crippen LogP contribution in [0.5, 0.6) is 11.5 Å². The lowest BCUT2D eigenvalue weighted by Gasteiger charge is -2.08. The van der Waals surface area contributed by atoms with E-state index in [9.17, 15) is 4.79 Å². The molecule has 26 heavy (non-hydrogen) atoms. The van der Waals surface area contributed by atoms with Crippen molar-refractivity contribution in [1.29, 1.82) is 0 Å². The molecule has 134 valence electrons. The van der Waals surface area contributed by atoms with E-state index in [2.05, 4.69) is 16.0 Å². The van der Waals surface area contributed by atoms with Gasteiger partial charge >= 0.3 is 0 Å². The van der Waals surface area contributed by atoms with Crippen molar-refractivity contribution in [2.24, 2.45) is 4.99 Å². The molecule has 7 nitrogen and oxygen atoms in total. The maximum absolute atomic E-state index is 12.6. The maximum atomic E-state index is 12.6. The van der Waals surface area contributed by atoms with E-state index in [-0.39, 0.29) is 12.5 Å². The Bertz CT molecular complexity index is 1070. The first-order valence-electron chi connectivity index (χ1n) is 7.92. The topological polar surface area (TPSA) is 70.6 Å². The second kappa shape index (κ2) is 7.45. The molecule has 2 aromatic heterocycles. The highest BCUT2D eigenvalue weighted by Crippen LogP contribution is 2.33. The summed E-state index contributed by atoms with van der Waals surface area (Å²) in [6, 6.07) is 5.34. The number of methoxy groups -OCH3 is 2. The van der Waals surface area contributed by atoms with Crippen molar-refractivity contribution in [2.45, 2.75) is 20.0 Å². The van der Waals surface area contributed by atoms with E-state index in [1.165, 1.54) is 11.3 Å². The van der Waals surface area contributed by atoms with Crippen LogP contribution < -0.4 is 14.3 Å². The second-order valence-corrected chi connectivity index (χ2v) is 6.31. The number of hydrogen-bond donors (Lipinski definition) is 0. The van der Waals surface area contributed by atoms with Crippen LogP contribution in [0.3, 0.4) is 0 Å². The number of fused-ring (bicyclic) bond motifs is 1. The summed E-state index contributed by atoms with van der Waals surface area (Å²) in [7, 11) is 3.15. The largest absolute Gasteiger partial charge is 0.493 e. The van der Waals surface area contributed by atoms with Gasteiger partial charge in [0.2, 0.25) is 0 Å². The molecule has 3 aromatic rings. The van der Waals surface area contributed by atoms with E-state index in [1.54, 1.807) is 31.2 Å². The van der Waals surface area contributed by atoms with Crippen LogP contribution in [0.4, 0.5) is 0 Å². The van der Waals surface area contributed by atoms with Crippen LogP contribution in [0.25, 0.3) is 10.2 Å². The van der Waals surface area contributed by atoms with Gasteiger partial charge in [-0.1, -0.05) is 17.3 Å². The molecule has 0 N–H and O–H groups in total. The number of thiazole rings is 1. The van der Waals surface area contributed by atoms with Gasteiger partial charge in [0.1, 0.15) is 5.69 Å². The SMILES string of the molecule is C#CCn1c(=NC(=O)c2ccnn2CC)sc2cc(OC)c(OC)cc21. The number of benzene rings is 1. The Morgan fingerprint density at radius 1 is 1.35 bits per heavy atom. The Kier molecular flexibility index (Phi) is 5.09. The van der Waals surface area contributed by atoms with Gasteiger partial charge in [0, 0.05) is 24.9 Å². The van der Waals surface area contributed by atoms with Gasteiger partial charge in [-0.2, -0.15) is 10.1 Å². The van der Waals surface area contributed by atoms with Crippen LogP contribution in [0.2, 0.25) is 0 Å². The lowest BCUT2D eigenvalue weighted by Crippen LogP contribution is -2.18. The summed E-state index contributed by atoms with van der Waals surface area (Å²) in [5.74, 6) is 3.44. The lowest BCUT2D eigenvalue weighted by atomic mass is 10.3. The summed E-state index contributed by atoms with van der Waals surface area (Å²) in [6.07, 6.45) is 7.10. The van der Waals surface area contributed by atoms with E-state index in [4.69, 9.17) is 15.9 Å². The molecule has 1 amide bonds. The number of carbonyl (C=O) groups is 1. The minimum absolute atomic E-state index is 0.286. The minimum Gasteiger partial charge on any atom is -0.493 e. The van der Waals surface area contributed by atoms with Crippen LogP contribution in [0, 0.1) is 12.3 Å². The van der Waals surface area contributed by atoms with Crippen molar-refractivity contribution in [2.75, 3.05) is 14.2 Å². The van der Waals surface area contributed by atoms with Crippen LogP contribution in [-0.4, -0.2) is 34.5 Å². The average molecular weight is 370 g/mol. The number of aromatic nitrogens is 3. The molecule has 8 heteroatoms. The Hall–Kier alpha value is -3.05. The molecule has 3 rings (SSSR count). The normalized spacial score (nSPS) is 11.5. The molecule has 2 heterocycles. The number of nitrogens with zero attached hydrogens (tertiary/aromatic N) is 4. The van der Waals surface area contributed by atoms with Crippen molar-refractivity contribution >= 4 is 27.5 Å². The monoisotopic (exact) mass is 370 g/mol. The number of rotatable bonds is 5. The van der Waals surface area contributed by atoms with E-state index >= 15 is 0 Å². The number of ether oxygens (including phenoxy) is 2. The molecule has 0 aliphatic carbocycles. The third-order valence-electron chi connectivity index (χ3n) is 3.87. The summed E-state index contributed by atoms with van der Waals surface area (Å²) in [5, 5.41) is 4.11. The quantitative estimate of drug-likeness (QED) is 0.646. The molecule has 0 unspecified atom stereocenters. The highest BCUT2D eigenvalue weighted by Gasteiger charge is 2.15. The van der Waals surface area contributed by atoms with Gasteiger partial charge in [0.15, 0.2) is 16.3 Å². The van der Waals surface area contributed by atoms with Gasteiger partial charge in [0.05, 0.1) is 31.0 Å². The minimum atomic E-state index is -0.361. The van der Waals surface area contributed by atoms with Crippen LogP contribution in [0.15, 0.2) is 29.4 Å². The number of carbonyl (C=O) groups excluding carboxylic acids is 1. The van der Waals surface area contributed by atoms with Crippen LogP contribution in [0.1, 0.15) is 17.4 Å². The molecule has 0 atom stereocenters. The molecule has 0 radical (unpaired) electrons. The lowest BCUT2D eigenvalue weighted by molar-refractivity contribution is 0.0987. The average Bonchev–Trinajstić information content (AvgIpc) is 3.25. The first-order valence-corrected chi connectivity index (χ1v) is 8.74. The van der Waals surface area contributed by atoms with Crippen LogP contribution in [-0.2, 0) is 13.1 Å². The summed E-state index contributed by atoms with van der Waals surface area (Å²) in [6.45, 7) is 2.80. The highest BCUT2D eigenvalue weighted by molar-refractivity contribution is 7.16. The molecule has 1 aromatic carbocycles. The van der Waals surface area contributed by atoms with Crippen molar-refractivity contribution in [3.63, 3.8) is 0 Å². The number of terminal acetylenes is 1. The summed E-state index contributed by atoms with van der Waals surface area (Å²) in [4.78, 5) is 17.4. The maximum Gasteiger partial charge on any atom is 0.297 e. The third kappa shape index (κ3) is 3.09. The fourth-order valence-electron chi connectivity index (χ4n) is 2.64. The zero-order valence-electron chi connectivity index (χ0n) is 14.7. The zero-order chi connectivity index (χ0) is 18.7. The molecule has 0 saturated carbocycles. The summed E-state index contributed by atoms with van der Waals surface area (Å²) in [5.41, 5.74) is 1.27. The summed E-state index contributed by atoms with van der Waals surface area (Å²) >= 11 is 1.37. The van der Waals surface area contributed by atoms with Crippen molar-refractivity contribution in [3.05, 3.63) is 34.9 Å². The molecule has 0 spiro atoms. The fraction of sp³-hybridized carbons (Fsp3) is 0.278. The van der Waals surface area contributed by atoms with E-state index in [1.807, 2.05) is 23.6 Å². The Morgan fingerprint density at radius 2 is 2.08 bits per heavy atom. The van der Waals surface area contributed by atoms with E-state index < -0.39 is 0 Å². The zero-order valence-corrected chi connectivity index (χ0v) is 15.5. The molecular formula is C18H18N4O3S. The first-order chi connectivity index (χ1) is 12.6. The van der Waals surface area contributed by atoms with Gasteiger partial charge in [-0.25, -0.2) is 0 Å². The predicted octanol–water partition coefficient (Wildman–Crippen LogP) is 2.31. The Balaban J connectivity index is 2.20. The van der Waals surface area contributed by atoms with Gasteiger partial charge in [0.25, 0.3) is 5.91 Å². The van der Waals surface area contributed by atoms with Gasteiger partial charge in [-0.3, -0.25) is 9.48 Å². The molecule has 0 aliphatic rings. The van der Waals surface area contributed by atoms with Crippen LogP contribution >= 0.6 is 11.3 Å². The first kappa shape index (κ1) is 17.8. The Morgan fingerprint density at radius 3 is 2.73 bits per heavy atom. The standard InChI is InChI=1S/C18H18N4O3S/c1-5-9-21-13-10-14(24-3)15(25-4)11-16(13)26-18(21)20-17(23)12-7-8-19-22(12)6-2/h1,7-8,10-11H,6,9H2,2-4H3. The molecule has 0 fully saturated rings. The van der Waals surface area contributed by atoms with E-state index in [0.717, 1.165) is 10.2 Å². The van der Waals surface area contributed by atoms with Crippen molar-refractivity contribution in [3.8, 4) is 23.8 Å². The van der Waals surface area contributed by atoms with Gasteiger partial charge in [-0.15, -0.1) is 6.42 Å². The summed E-state index contributed by atoms with van der Waals surface area (Å²) < 4.78 is 15.0. The Labute approximate surface area is 154 Å². The molecule has 0 aliphatic heterocycles. The third-order valence-corrected chi connectivity index (χ3v) is 4.91. The van der Waals surface area contributed by atoms with Gasteiger partial charge < -0.3 is 14.0 Å². The number of aryl methyl sites for hydroxylation is 1. The molecule has 0 saturated heterocycles. The second-order valence-electron chi connectivity index (χ2n) is 5.30. The molecular weight excluding hydrogens is 352 g/mol. The molecule has 0 bridgehead atoms. The highest BCUT2D eigenvalue weighted by atomic mass is 32.1. The number of amides is 1. The van der Waals surface area contributed by atoms with Gasteiger partial charge in [-0.05, 0) is 13.0 Å². The van der Waals surface area contributed by atoms with Crippen molar-refractivity contribution in [1.82, 2.24) is 14.3 Å². The smallest absolute Gasteiger partial charge is 0.297 e. The van der Waals surface area contributed by atoms with Crippen molar-refractivity contribution < 1.29 is 14.3 Å². The number of hydrogen-bond acceptors (Lipinski definition) is 5.